The van der Waals surface area contributed by atoms with Crippen LogP contribution in [0.1, 0.15) is 32.3 Å². The maximum atomic E-state index is 12.4. The monoisotopic (exact) mass is 409 g/mol. The second kappa shape index (κ2) is 7.72. The van der Waals surface area contributed by atoms with Crippen LogP contribution in [0.3, 0.4) is 0 Å². The number of hydrogen-bond acceptors (Lipinski definition) is 7. The molecule has 4 aromatic rings. The van der Waals surface area contributed by atoms with Crippen LogP contribution in [0.2, 0.25) is 0 Å². The molecule has 3 heterocycles. The number of benzene rings is 1. The molecule has 9 heteroatoms. The average molecular weight is 409 g/mol. The van der Waals surface area contributed by atoms with Gasteiger partial charge in [0.15, 0.2) is 5.76 Å². The fraction of sp³-hybridized carbons (Fsp3) is 0.100. The van der Waals surface area contributed by atoms with E-state index < -0.39 is 11.9 Å². The number of ether oxygens (including phenoxy) is 1. The minimum absolute atomic E-state index is 0.163. The number of thiophene rings is 1. The molecule has 146 valence electrons. The second-order valence-corrected chi connectivity index (χ2v) is 7.10. The van der Waals surface area contributed by atoms with Gasteiger partial charge in [-0.25, -0.2) is 9.78 Å². The maximum Gasteiger partial charge on any atom is 0.338 e. The number of aromatic nitrogens is 2. The van der Waals surface area contributed by atoms with Crippen LogP contribution >= 0.6 is 11.3 Å². The van der Waals surface area contributed by atoms with Crippen LogP contribution < -0.4 is 10.9 Å². The zero-order valence-electron chi connectivity index (χ0n) is 15.2. The summed E-state index contributed by atoms with van der Waals surface area (Å²) in [5.74, 6) is -0.607. The third-order valence-corrected chi connectivity index (χ3v) is 5.07. The smallest absolute Gasteiger partial charge is 0.338 e. The molecule has 0 saturated heterocycles. The number of hydrogen-bond donors (Lipinski definition) is 2. The van der Waals surface area contributed by atoms with E-state index in [-0.39, 0.29) is 29.3 Å². The summed E-state index contributed by atoms with van der Waals surface area (Å²) in [5, 5.41) is 4.48. The van der Waals surface area contributed by atoms with Crippen molar-refractivity contribution in [1.29, 1.82) is 0 Å². The van der Waals surface area contributed by atoms with E-state index in [0.717, 1.165) is 5.56 Å². The molecule has 3 aromatic heterocycles. The number of nitrogens with zero attached hydrogens (tertiary/aromatic N) is 1. The first-order valence-electron chi connectivity index (χ1n) is 8.60. The number of esters is 1. The Balaban J connectivity index is 1.48. The Morgan fingerprint density at radius 2 is 2.14 bits per heavy atom. The van der Waals surface area contributed by atoms with Gasteiger partial charge in [0.25, 0.3) is 11.5 Å². The SMILES string of the molecule is Cc1ccc(C(=O)OCc2nc3ccsc3c(=O)[nH]2)cc1NC(=O)c1ccco1. The van der Waals surface area contributed by atoms with Gasteiger partial charge < -0.3 is 19.5 Å². The third-order valence-electron chi connectivity index (χ3n) is 4.17. The first-order chi connectivity index (χ1) is 14.0. The Bertz CT molecular complexity index is 1260. The van der Waals surface area contributed by atoms with Gasteiger partial charge in [0.2, 0.25) is 0 Å². The zero-order valence-corrected chi connectivity index (χ0v) is 16.0. The van der Waals surface area contributed by atoms with Gasteiger partial charge >= 0.3 is 5.97 Å². The number of carbonyl (C=O) groups excluding carboxylic acids is 2. The summed E-state index contributed by atoms with van der Waals surface area (Å²) >= 11 is 1.30. The van der Waals surface area contributed by atoms with Crippen LogP contribution in [0.4, 0.5) is 5.69 Å². The van der Waals surface area contributed by atoms with Gasteiger partial charge in [-0.3, -0.25) is 9.59 Å². The quantitative estimate of drug-likeness (QED) is 0.488. The van der Waals surface area contributed by atoms with Crippen molar-refractivity contribution in [1.82, 2.24) is 9.97 Å². The highest BCUT2D eigenvalue weighted by Crippen LogP contribution is 2.19. The molecule has 29 heavy (non-hydrogen) atoms. The Hall–Kier alpha value is -3.72. The lowest BCUT2D eigenvalue weighted by Crippen LogP contribution is -2.15. The number of aryl methyl sites for hydroxylation is 1. The number of aromatic amines is 1. The molecular formula is C20H15N3O5S. The molecule has 0 atom stereocenters. The van der Waals surface area contributed by atoms with E-state index in [4.69, 9.17) is 9.15 Å². The zero-order chi connectivity index (χ0) is 20.4. The van der Waals surface area contributed by atoms with Crippen molar-refractivity contribution in [3.05, 3.63) is 81.1 Å². The van der Waals surface area contributed by atoms with Gasteiger partial charge in [-0.2, -0.15) is 0 Å². The summed E-state index contributed by atoms with van der Waals surface area (Å²) in [6.07, 6.45) is 1.40. The first kappa shape index (κ1) is 18.6. The maximum absolute atomic E-state index is 12.4. The standard InChI is InChI=1S/C20H15N3O5S/c1-11-4-5-12(9-14(11)22-18(24)15-3-2-7-27-15)20(26)28-10-16-21-13-6-8-29-17(13)19(25)23-16/h2-9H,10H2,1H3,(H,22,24)(H,21,23,25). The number of anilines is 1. The van der Waals surface area contributed by atoms with E-state index >= 15 is 0 Å². The van der Waals surface area contributed by atoms with Crippen molar-refractivity contribution in [2.24, 2.45) is 0 Å². The van der Waals surface area contributed by atoms with Gasteiger partial charge in [-0.15, -0.1) is 11.3 Å². The minimum atomic E-state index is -0.605. The summed E-state index contributed by atoms with van der Waals surface area (Å²) < 4.78 is 10.9. The number of furan rings is 1. The van der Waals surface area contributed by atoms with Gasteiger partial charge in [0, 0.05) is 5.69 Å². The molecule has 0 aliphatic carbocycles. The number of amides is 1. The third kappa shape index (κ3) is 3.94. The highest BCUT2D eigenvalue weighted by atomic mass is 32.1. The Morgan fingerprint density at radius 1 is 1.28 bits per heavy atom. The summed E-state index contributed by atoms with van der Waals surface area (Å²) in [5.41, 5.74) is 1.78. The van der Waals surface area contributed by atoms with Crippen LogP contribution in [0.15, 0.2) is 57.3 Å². The molecule has 1 aromatic carbocycles. The average Bonchev–Trinajstić information content (AvgIpc) is 3.40. The number of rotatable bonds is 5. The highest BCUT2D eigenvalue weighted by molar-refractivity contribution is 7.17. The molecule has 8 nitrogen and oxygen atoms in total. The summed E-state index contributed by atoms with van der Waals surface area (Å²) in [6.45, 7) is 1.62. The number of fused-ring (bicyclic) bond motifs is 1. The molecule has 4 rings (SSSR count). The Labute approximate surface area is 168 Å². The molecule has 0 unspecified atom stereocenters. The van der Waals surface area contributed by atoms with E-state index in [0.29, 0.717) is 15.9 Å². The first-order valence-corrected chi connectivity index (χ1v) is 9.48. The molecule has 0 radical (unpaired) electrons. The van der Waals surface area contributed by atoms with E-state index in [9.17, 15) is 14.4 Å². The van der Waals surface area contributed by atoms with Gasteiger partial charge in [-0.05, 0) is 48.2 Å². The summed E-state index contributed by atoms with van der Waals surface area (Å²) in [6, 6.07) is 9.71. The summed E-state index contributed by atoms with van der Waals surface area (Å²) in [7, 11) is 0. The summed E-state index contributed by atoms with van der Waals surface area (Å²) in [4.78, 5) is 43.5. The van der Waals surface area contributed by atoms with Crippen LogP contribution in [-0.4, -0.2) is 21.8 Å². The van der Waals surface area contributed by atoms with Gasteiger partial charge in [-0.1, -0.05) is 6.07 Å². The number of H-pyrrole nitrogens is 1. The molecule has 0 aliphatic rings. The van der Waals surface area contributed by atoms with Gasteiger partial charge in [0.1, 0.15) is 17.1 Å². The predicted molar refractivity (Wildman–Crippen MR) is 107 cm³/mol. The lowest BCUT2D eigenvalue weighted by atomic mass is 10.1. The van der Waals surface area contributed by atoms with Crippen LogP contribution in [0.5, 0.6) is 0 Å². The van der Waals surface area contributed by atoms with E-state index in [1.807, 2.05) is 0 Å². The van der Waals surface area contributed by atoms with E-state index in [2.05, 4.69) is 15.3 Å². The fourth-order valence-electron chi connectivity index (χ4n) is 2.68. The van der Waals surface area contributed by atoms with Crippen molar-refractivity contribution in [3.8, 4) is 0 Å². The Kier molecular flexibility index (Phi) is 4.96. The molecule has 0 bridgehead atoms. The van der Waals surface area contributed by atoms with E-state index in [1.54, 1.807) is 42.6 Å². The molecule has 2 N–H and O–H groups in total. The van der Waals surface area contributed by atoms with Crippen LogP contribution in [0, 0.1) is 6.92 Å². The largest absolute Gasteiger partial charge is 0.459 e. The van der Waals surface area contributed by atoms with Crippen molar-refractivity contribution in [2.45, 2.75) is 13.5 Å². The van der Waals surface area contributed by atoms with Crippen molar-refractivity contribution < 1.29 is 18.7 Å². The minimum Gasteiger partial charge on any atom is -0.459 e. The molecule has 0 spiro atoms. The number of nitrogens with one attached hydrogen (secondary N) is 2. The van der Waals surface area contributed by atoms with Gasteiger partial charge in [0.05, 0.1) is 17.3 Å². The normalized spacial score (nSPS) is 10.8. The highest BCUT2D eigenvalue weighted by Gasteiger charge is 2.14. The van der Waals surface area contributed by atoms with Crippen LogP contribution in [0.25, 0.3) is 10.2 Å². The topological polar surface area (TPSA) is 114 Å². The van der Waals surface area contributed by atoms with Crippen LogP contribution in [-0.2, 0) is 11.3 Å². The Morgan fingerprint density at radius 3 is 2.93 bits per heavy atom. The number of carbonyl (C=O) groups is 2. The fourth-order valence-corrected chi connectivity index (χ4v) is 3.41. The molecule has 0 fully saturated rings. The predicted octanol–water partition coefficient (Wildman–Crippen LogP) is 3.50. The lowest BCUT2D eigenvalue weighted by Gasteiger charge is -2.10. The lowest BCUT2D eigenvalue weighted by molar-refractivity contribution is 0.0462. The molecule has 0 aliphatic heterocycles. The molecule has 1 amide bonds. The molecule has 0 saturated carbocycles. The van der Waals surface area contributed by atoms with E-state index in [1.165, 1.54) is 23.7 Å². The molecular weight excluding hydrogens is 394 g/mol. The van der Waals surface area contributed by atoms with Crippen molar-refractivity contribution in [3.63, 3.8) is 0 Å². The van der Waals surface area contributed by atoms with Crippen molar-refractivity contribution in [2.75, 3.05) is 5.32 Å². The van der Waals surface area contributed by atoms with Crippen molar-refractivity contribution >= 4 is 39.1 Å². The second-order valence-electron chi connectivity index (χ2n) is 6.18.